The zero-order valence-corrected chi connectivity index (χ0v) is 12.3. The molecule has 3 atom stereocenters. The van der Waals surface area contributed by atoms with Gasteiger partial charge in [0.15, 0.2) is 0 Å². The van der Waals surface area contributed by atoms with Crippen molar-refractivity contribution in [3.8, 4) is 5.75 Å². The molecule has 0 bridgehead atoms. The van der Waals surface area contributed by atoms with E-state index in [-0.39, 0.29) is 0 Å². The van der Waals surface area contributed by atoms with Gasteiger partial charge >= 0.3 is 0 Å². The van der Waals surface area contributed by atoms with E-state index in [2.05, 4.69) is 6.92 Å². The van der Waals surface area contributed by atoms with Gasteiger partial charge in [-0.2, -0.15) is 0 Å². The van der Waals surface area contributed by atoms with Gasteiger partial charge in [-0.05, 0) is 19.1 Å². The van der Waals surface area contributed by atoms with Crippen LogP contribution in [0.5, 0.6) is 5.75 Å². The second kappa shape index (κ2) is 7.22. The Hall–Kier alpha value is -1.14. The average Bonchev–Trinajstić information content (AvgIpc) is 3.36. The van der Waals surface area contributed by atoms with Crippen LogP contribution in [0.3, 0.4) is 0 Å². The first-order valence-electron chi connectivity index (χ1n) is 7.41. The molecular weight excluding hydrogens is 272 g/mol. The van der Waals surface area contributed by atoms with E-state index >= 15 is 0 Å². The average molecular weight is 294 g/mol. The molecule has 4 rings (SSSR count). The van der Waals surface area contributed by atoms with Crippen LogP contribution in [0.25, 0.3) is 0 Å². The Morgan fingerprint density at radius 3 is 1.81 bits per heavy atom. The van der Waals surface area contributed by atoms with Crippen molar-refractivity contribution in [1.29, 1.82) is 0 Å². The van der Waals surface area contributed by atoms with Crippen LogP contribution in [-0.2, 0) is 18.9 Å². The van der Waals surface area contributed by atoms with Crippen LogP contribution in [0.1, 0.15) is 5.56 Å². The second-order valence-electron chi connectivity index (χ2n) is 5.53. The van der Waals surface area contributed by atoms with E-state index in [9.17, 15) is 0 Å². The van der Waals surface area contributed by atoms with Gasteiger partial charge < -0.3 is 23.7 Å². The van der Waals surface area contributed by atoms with Gasteiger partial charge in [-0.25, -0.2) is 0 Å². The van der Waals surface area contributed by atoms with Crippen molar-refractivity contribution in [2.24, 2.45) is 0 Å². The third kappa shape index (κ3) is 6.44. The van der Waals surface area contributed by atoms with E-state index in [4.69, 9.17) is 23.7 Å². The number of hydrogen-bond donors (Lipinski definition) is 0. The molecule has 5 heteroatoms. The summed E-state index contributed by atoms with van der Waals surface area (Å²) in [6.07, 6.45) is 1.12. The van der Waals surface area contributed by atoms with E-state index < -0.39 is 0 Å². The van der Waals surface area contributed by atoms with Crippen LogP contribution in [-0.4, -0.2) is 58.0 Å². The summed E-state index contributed by atoms with van der Waals surface area (Å²) in [5.74, 6) is 0.927. The molecule has 0 aliphatic carbocycles. The summed E-state index contributed by atoms with van der Waals surface area (Å²) in [6.45, 7) is 6.86. The molecule has 0 radical (unpaired) electrons. The fourth-order valence-electron chi connectivity index (χ4n) is 1.65. The van der Waals surface area contributed by atoms with E-state index in [1.165, 1.54) is 5.56 Å². The lowest BCUT2D eigenvalue weighted by atomic mass is 10.2. The molecule has 116 valence electrons. The number of epoxide rings is 3. The maximum absolute atomic E-state index is 5.46. The lowest BCUT2D eigenvalue weighted by Gasteiger charge is -2.03. The van der Waals surface area contributed by atoms with Crippen LogP contribution >= 0.6 is 0 Å². The Morgan fingerprint density at radius 1 is 0.857 bits per heavy atom. The molecule has 1 aromatic rings. The van der Waals surface area contributed by atoms with Gasteiger partial charge in [0.2, 0.25) is 0 Å². The largest absolute Gasteiger partial charge is 0.491 e. The number of ether oxygens (including phenoxy) is 5. The number of benzene rings is 1. The van der Waals surface area contributed by atoms with E-state index in [0.717, 1.165) is 38.8 Å². The maximum atomic E-state index is 5.46. The first-order chi connectivity index (χ1) is 10.3. The molecular formula is C16H22O5. The summed E-state index contributed by atoms with van der Waals surface area (Å²) in [7, 11) is 0. The Labute approximate surface area is 125 Å². The first-order valence-corrected chi connectivity index (χ1v) is 7.41. The van der Waals surface area contributed by atoms with Crippen molar-refractivity contribution >= 4 is 0 Å². The fourth-order valence-corrected chi connectivity index (χ4v) is 1.65. The predicted octanol–water partition coefficient (Wildman–Crippen LogP) is 1.57. The highest BCUT2D eigenvalue weighted by molar-refractivity contribution is 5.26. The smallest absolute Gasteiger partial charge is 0.119 e. The van der Waals surface area contributed by atoms with Crippen molar-refractivity contribution in [3.63, 3.8) is 0 Å². The third-order valence-electron chi connectivity index (χ3n) is 3.27. The van der Waals surface area contributed by atoms with Crippen LogP contribution in [0.4, 0.5) is 0 Å². The van der Waals surface area contributed by atoms with Gasteiger partial charge in [-0.3, -0.25) is 0 Å². The number of aryl methyl sites for hydroxylation is 1. The molecule has 3 fully saturated rings. The summed E-state index contributed by atoms with van der Waals surface area (Å²) >= 11 is 0. The molecule has 5 nitrogen and oxygen atoms in total. The zero-order valence-electron chi connectivity index (χ0n) is 12.3. The van der Waals surface area contributed by atoms with E-state index in [0.29, 0.717) is 24.9 Å². The Kier molecular flexibility index (Phi) is 5.08. The monoisotopic (exact) mass is 294 g/mol. The molecule has 1 aromatic carbocycles. The Balaban J connectivity index is 0.000000131. The van der Waals surface area contributed by atoms with Gasteiger partial charge in [-0.1, -0.05) is 17.7 Å². The number of rotatable bonds is 7. The molecule has 0 amide bonds. The molecule has 3 unspecified atom stereocenters. The van der Waals surface area contributed by atoms with Gasteiger partial charge in [0.25, 0.3) is 0 Å². The van der Waals surface area contributed by atoms with Crippen LogP contribution in [0.15, 0.2) is 24.3 Å². The van der Waals surface area contributed by atoms with E-state index in [1.54, 1.807) is 0 Å². The normalized spacial score (nSPS) is 28.3. The molecule has 3 saturated heterocycles. The van der Waals surface area contributed by atoms with Crippen molar-refractivity contribution in [2.45, 2.75) is 25.2 Å². The maximum Gasteiger partial charge on any atom is 0.119 e. The molecule has 3 aliphatic rings. The van der Waals surface area contributed by atoms with Crippen molar-refractivity contribution in [2.75, 3.05) is 39.6 Å². The van der Waals surface area contributed by atoms with Crippen LogP contribution in [0.2, 0.25) is 0 Å². The van der Waals surface area contributed by atoms with Crippen LogP contribution < -0.4 is 4.74 Å². The minimum absolute atomic E-state index is 0.339. The highest BCUT2D eigenvalue weighted by atomic mass is 16.6. The quantitative estimate of drug-likeness (QED) is 0.715. The minimum Gasteiger partial charge on any atom is -0.491 e. The summed E-state index contributed by atoms with van der Waals surface area (Å²) in [6, 6.07) is 8.06. The lowest BCUT2D eigenvalue weighted by Crippen LogP contribution is -2.06. The van der Waals surface area contributed by atoms with Gasteiger partial charge in [0.05, 0.1) is 33.0 Å². The summed E-state index contributed by atoms with van der Waals surface area (Å²) in [4.78, 5) is 0. The highest BCUT2D eigenvalue weighted by Crippen LogP contribution is 2.15. The standard InChI is InChI=1S/C10H12O2.C6H10O3/c1-8-2-4-9(5-3-8)11-6-10-7-12-10;1(5-3-8-5)7-2-6-4-9-6/h2-5,10H,6-7H2,1H3;5-6H,1-4H2. The molecule has 0 N–H and O–H groups in total. The zero-order chi connectivity index (χ0) is 14.5. The molecule has 0 aromatic heterocycles. The molecule has 0 spiro atoms. The molecule has 0 saturated carbocycles. The highest BCUT2D eigenvalue weighted by Gasteiger charge is 2.26. The molecule has 3 heterocycles. The topological polar surface area (TPSA) is 56.0 Å². The minimum atomic E-state index is 0.339. The second-order valence-corrected chi connectivity index (χ2v) is 5.53. The predicted molar refractivity (Wildman–Crippen MR) is 76.7 cm³/mol. The van der Waals surface area contributed by atoms with Crippen molar-refractivity contribution in [1.82, 2.24) is 0 Å². The fraction of sp³-hybridized carbons (Fsp3) is 0.625. The van der Waals surface area contributed by atoms with Gasteiger partial charge in [0.1, 0.15) is 30.7 Å². The van der Waals surface area contributed by atoms with Gasteiger partial charge in [-0.15, -0.1) is 0 Å². The third-order valence-corrected chi connectivity index (χ3v) is 3.27. The summed E-state index contributed by atoms with van der Waals surface area (Å²) in [5, 5.41) is 0. The van der Waals surface area contributed by atoms with Crippen molar-refractivity contribution in [3.05, 3.63) is 29.8 Å². The van der Waals surface area contributed by atoms with Gasteiger partial charge in [0, 0.05) is 0 Å². The molecule has 3 aliphatic heterocycles. The Morgan fingerprint density at radius 2 is 1.33 bits per heavy atom. The summed E-state index contributed by atoms with van der Waals surface area (Å²) in [5.41, 5.74) is 1.25. The van der Waals surface area contributed by atoms with Crippen LogP contribution in [0, 0.1) is 6.92 Å². The van der Waals surface area contributed by atoms with Crippen molar-refractivity contribution < 1.29 is 23.7 Å². The Bertz CT molecular complexity index is 409. The lowest BCUT2D eigenvalue weighted by molar-refractivity contribution is 0.102. The van der Waals surface area contributed by atoms with E-state index in [1.807, 2.05) is 24.3 Å². The number of hydrogen-bond acceptors (Lipinski definition) is 5. The summed E-state index contributed by atoms with van der Waals surface area (Å²) < 4.78 is 25.6. The molecule has 21 heavy (non-hydrogen) atoms. The first kappa shape index (κ1) is 14.8. The SMILES string of the molecule is C(OCC1CO1)C1CO1.Cc1ccc(OCC2CO2)cc1.